The van der Waals surface area contributed by atoms with Crippen LogP contribution in [0.5, 0.6) is 5.75 Å². The number of hydrogen-bond donors (Lipinski definition) is 2. The van der Waals surface area contributed by atoms with Crippen molar-refractivity contribution in [1.29, 1.82) is 5.41 Å². The maximum Gasteiger partial charge on any atom is 0.122 e. The summed E-state index contributed by atoms with van der Waals surface area (Å²) in [5.74, 6) is 0.954. The van der Waals surface area contributed by atoms with Crippen LogP contribution in [-0.4, -0.2) is 12.4 Å². The Morgan fingerprint density at radius 1 is 1.38 bits per heavy atom. The Kier molecular flexibility index (Phi) is 2.86. The van der Waals surface area contributed by atoms with E-state index in [2.05, 4.69) is 6.92 Å². The largest absolute Gasteiger partial charge is 0.493 e. The Hall–Kier alpha value is -1.51. The molecule has 0 heterocycles. The Labute approximate surface area is 96.1 Å². The first-order valence-corrected chi connectivity index (χ1v) is 5.66. The van der Waals surface area contributed by atoms with Gasteiger partial charge in [-0.3, -0.25) is 5.41 Å². The summed E-state index contributed by atoms with van der Waals surface area (Å²) in [6.45, 7) is 3.05. The third-order valence-corrected chi connectivity index (χ3v) is 3.31. The van der Waals surface area contributed by atoms with E-state index in [1.807, 2.05) is 24.3 Å². The predicted molar refractivity (Wildman–Crippen MR) is 64.9 cm³/mol. The summed E-state index contributed by atoms with van der Waals surface area (Å²) in [4.78, 5) is 0. The maximum atomic E-state index is 7.28. The molecule has 0 aliphatic heterocycles. The van der Waals surface area contributed by atoms with Crippen molar-refractivity contribution in [2.45, 2.75) is 26.2 Å². The summed E-state index contributed by atoms with van der Waals surface area (Å²) in [5, 5.41) is 7.28. The van der Waals surface area contributed by atoms with Gasteiger partial charge in [0.05, 0.1) is 6.61 Å². The molecule has 1 aliphatic rings. The molecule has 3 heteroatoms. The fraction of sp³-hybridized carbons (Fsp3) is 0.462. The molecular formula is C13H18N2O. The summed E-state index contributed by atoms with van der Waals surface area (Å²) >= 11 is 0. The number of nitrogens with one attached hydrogen (secondary N) is 1. The normalized spacial score (nSPS) is 17.6. The van der Waals surface area contributed by atoms with Crippen LogP contribution in [0.3, 0.4) is 0 Å². The number of benzene rings is 1. The van der Waals surface area contributed by atoms with Crippen LogP contribution in [0.2, 0.25) is 0 Å². The van der Waals surface area contributed by atoms with E-state index in [1.54, 1.807) is 0 Å². The molecule has 0 radical (unpaired) electrons. The molecule has 3 nitrogen and oxygen atoms in total. The fourth-order valence-electron chi connectivity index (χ4n) is 1.91. The van der Waals surface area contributed by atoms with Gasteiger partial charge in [-0.2, -0.15) is 0 Å². The van der Waals surface area contributed by atoms with Crippen LogP contribution in [0.15, 0.2) is 24.3 Å². The van der Waals surface area contributed by atoms with Gasteiger partial charge in [-0.1, -0.05) is 13.3 Å². The van der Waals surface area contributed by atoms with Crippen LogP contribution < -0.4 is 10.5 Å². The van der Waals surface area contributed by atoms with Gasteiger partial charge in [0.25, 0.3) is 0 Å². The quantitative estimate of drug-likeness (QED) is 0.602. The Morgan fingerprint density at radius 3 is 2.44 bits per heavy atom. The van der Waals surface area contributed by atoms with Crippen LogP contribution >= 0.6 is 0 Å². The standard InChI is InChI=1S/C13H18N2O/c1-13(7-2-8-13)9-16-11-5-3-10(4-6-11)12(14)15/h3-6H,2,7-9H2,1H3,(H3,14,15). The molecule has 0 amide bonds. The molecule has 1 aromatic rings. The molecule has 0 spiro atoms. The zero-order valence-corrected chi connectivity index (χ0v) is 9.62. The highest BCUT2D eigenvalue weighted by Gasteiger charge is 2.32. The number of nitrogen functional groups attached to an aromatic ring is 1. The molecule has 0 unspecified atom stereocenters. The molecule has 2 rings (SSSR count). The van der Waals surface area contributed by atoms with Crippen molar-refractivity contribution in [2.75, 3.05) is 6.61 Å². The van der Waals surface area contributed by atoms with Gasteiger partial charge in [-0.25, -0.2) is 0 Å². The van der Waals surface area contributed by atoms with Gasteiger partial charge < -0.3 is 10.5 Å². The van der Waals surface area contributed by atoms with E-state index in [1.165, 1.54) is 19.3 Å². The van der Waals surface area contributed by atoms with Gasteiger partial charge >= 0.3 is 0 Å². The molecule has 0 bridgehead atoms. The number of nitrogens with two attached hydrogens (primary N) is 1. The van der Waals surface area contributed by atoms with E-state index in [4.69, 9.17) is 15.9 Å². The van der Waals surface area contributed by atoms with Crippen LogP contribution in [0, 0.1) is 10.8 Å². The van der Waals surface area contributed by atoms with Crippen LogP contribution in [-0.2, 0) is 0 Å². The van der Waals surface area contributed by atoms with Crippen LogP contribution in [0.1, 0.15) is 31.7 Å². The smallest absolute Gasteiger partial charge is 0.122 e. The predicted octanol–water partition coefficient (Wildman–Crippen LogP) is 2.54. The van der Waals surface area contributed by atoms with E-state index in [0.29, 0.717) is 5.41 Å². The van der Waals surface area contributed by atoms with E-state index < -0.39 is 0 Å². The van der Waals surface area contributed by atoms with Crippen molar-refractivity contribution in [2.24, 2.45) is 11.1 Å². The van der Waals surface area contributed by atoms with Crippen molar-refractivity contribution in [3.05, 3.63) is 29.8 Å². The zero-order chi connectivity index (χ0) is 11.6. The van der Waals surface area contributed by atoms with Gasteiger partial charge in [0.2, 0.25) is 0 Å². The summed E-state index contributed by atoms with van der Waals surface area (Å²) in [6.07, 6.45) is 3.85. The molecule has 1 aliphatic carbocycles. The Bertz CT molecular complexity index is 379. The highest BCUT2D eigenvalue weighted by molar-refractivity contribution is 5.94. The lowest BCUT2D eigenvalue weighted by Crippen LogP contribution is -2.32. The Morgan fingerprint density at radius 2 is 2.00 bits per heavy atom. The monoisotopic (exact) mass is 218 g/mol. The minimum Gasteiger partial charge on any atom is -0.493 e. The van der Waals surface area contributed by atoms with Crippen molar-refractivity contribution in [1.82, 2.24) is 0 Å². The molecule has 0 atom stereocenters. The summed E-state index contributed by atoms with van der Waals surface area (Å²) in [6, 6.07) is 7.39. The van der Waals surface area contributed by atoms with E-state index in [-0.39, 0.29) is 5.84 Å². The molecule has 1 fully saturated rings. The van der Waals surface area contributed by atoms with E-state index >= 15 is 0 Å². The van der Waals surface area contributed by atoms with Gasteiger partial charge in [-0.05, 0) is 37.1 Å². The van der Waals surface area contributed by atoms with Gasteiger partial charge in [0.1, 0.15) is 11.6 Å². The average molecular weight is 218 g/mol. The highest BCUT2D eigenvalue weighted by Crippen LogP contribution is 2.40. The lowest BCUT2D eigenvalue weighted by Gasteiger charge is -2.37. The molecular weight excluding hydrogens is 200 g/mol. The number of hydrogen-bond acceptors (Lipinski definition) is 2. The second-order valence-corrected chi connectivity index (χ2v) is 4.89. The second kappa shape index (κ2) is 4.16. The minimum atomic E-state index is 0.0949. The lowest BCUT2D eigenvalue weighted by molar-refractivity contribution is 0.0776. The maximum absolute atomic E-state index is 7.28. The van der Waals surface area contributed by atoms with Crippen molar-refractivity contribution >= 4 is 5.84 Å². The van der Waals surface area contributed by atoms with Crippen molar-refractivity contribution < 1.29 is 4.74 Å². The molecule has 1 aromatic carbocycles. The van der Waals surface area contributed by atoms with Crippen LogP contribution in [0.25, 0.3) is 0 Å². The van der Waals surface area contributed by atoms with E-state index in [0.717, 1.165) is 17.9 Å². The molecule has 3 N–H and O–H groups in total. The first-order chi connectivity index (χ1) is 7.59. The topological polar surface area (TPSA) is 59.1 Å². The average Bonchev–Trinajstić information content (AvgIpc) is 2.24. The number of amidine groups is 1. The van der Waals surface area contributed by atoms with Crippen molar-refractivity contribution in [3.8, 4) is 5.75 Å². The summed E-state index contributed by atoms with van der Waals surface area (Å²) in [7, 11) is 0. The molecule has 0 aromatic heterocycles. The molecule has 1 saturated carbocycles. The highest BCUT2D eigenvalue weighted by atomic mass is 16.5. The van der Waals surface area contributed by atoms with Gasteiger partial charge in [0.15, 0.2) is 0 Å². The number of rotatable bonds is 4. The molecule has 16 heavy (non-hydrogen) atoms. The lowest BCUT2D eigenvalue weighted by atomic mass is 9.71. The second-order valence-electron chi connectivity index (χ2n) is 4.89. The SMILES string of the molecule is CC1(COc2ccc(C(=N)N)cc2)CCC1. The van der Waals surface area contributed by atoms with Crippen LogP contribution in [0.4, 0.5) is 0 Å². The third-order valence-electron chi connectivity index (χ3n) is 3.31. The van der Waals surface area contributed by atoms with Crippen molar-refractivity contribution in [3.63, 3.8) is 0 Å². The van der Waals surface area contributed by atoms with Gasteiger partial charge in [0, 0.05) is 11.0 Å². The Balaban J connectivity index is 1.92. The first kappa shape index (κ1) is 11.0. The first-order valence-electron chi connectivity index (χ1n) is 5.66. The summed E-state index contributed by atoms with van der Waals surface area (Å²) in [5.41, 5.74) is 6.49. The third kappa shape index (κ3) is 2.35. The van der Waals surface area contributed by atoms with Gasteiger partial charge in [-0.15, -0.1) is 0 Å². The summed E-state index contributed by atoms with van der Waals surface area (Å²) < 4.78 is 5.74. The number of ether oxygens (including phenoxy) is 1. The molecule has 86 valence electrons. The molecule has 0 saturated heterocycles. The van der Waals surface area contributed by atoms with E-state index in [9.17, 15) is 0 Å². The zero-order valence-electron chi connectivity index (χ0n) is 9.62. The minimum absolute atomic E-state index is 0.0949. The fourth-order valence-corrected chi connectivity index (χ4v) is 1.91.